The van der Waals surface area contributed by atoms with Crippen LogP contribution in [0.4, 0.5) is 15.5 Å². The minimum Gasteiger partial charge on any atom is -0.453 e. The molecule has 1 aromatic heterocycles. The Balaban J connectivity index is 1.78. The number of carbonyl (C=O) groups excluding carboxylic acids is 4. The van der Waals surface area contributed by atoms with Crippen LogP contribution in [0.25, 0.3) is 11.0 Å². The molecule has 3 rings (SSSR count). The summed E-state index contributed by atoms with van der Waals surface area (Å²) in [5.74, 6) is -0.883. The molecule has 0 aliphatic heterocycles. The fraction of sp³-hybridized carbons (Fsp3) is 0.292. The van der Waals surface area contributed by atoms with E-state index in [0.717, 1.165) is 0 Å². The molecule has 2 amide bonds. The van der Waals surface area contributed by atoms with Gasteiger partial charge in [-0.2, -0.15) is 0 Å². The van der Waals surface area contributed by atoms with E-state index in [9.17, 15) is 19.2 Å². The van der Waals surface area contributed by atoms with Gasteiger partial charge in [0.25, 0.3) is 0 Å². The van der Waals surface area contributed by atoms with Crippen molar-refractivity contribution < 1.29 is 33.4 Å². The second kappa shape index (κ2) is 10.7. The van der Waals surface area contributed by atoms with Gasteiger partial charge in [0.15, 0.2) is 12.5 Å². The van der Waals surface area contributed by atoms with Crippen LogP contribution < -0.4 is 10.6 Å². The summed E-state index contributed by atoms with van der Waals surface area (Å²) in [5.41, 5.74) is 1.09. The smallest absolute Gasteiger partial charge is 0.413 e. The first-order valence-electron chi connectivity index (χ1n) is 10.6. The van der Waals surface area contributed by atoms with E-state index in [-0.39, 0.29) is 18.5 Å². The Morgan fingerprint density at radius 2 is 1.69 bits per heavy atom. The van der Waals surface area contributed by atoms with Crippen LogP contribution in [0.1, 0.15) is 36.7 Å². The summed E-state index contributed by atoms with van der Waals surface area (Å²) < 4.78 is 16.4. The molecule has 0 saturated carbocycles. The number of amides is 2. The van der Waals surface area contributed by atoms with Crippen LogP contribution in [0.3, 0.4) is 0 Å². The van der Waals surface area contributed by atoms with Gasteiger partial charge in [-0.15, -0.1) is 0 Å². The van der Waals surface area contributed by atoms with E-state index in [0.29, 0.717) is 22.2 Å². The normalized spacial score (nSPS) is 11.0. The van der Waals surface area contributed by atoms with Crippen molar-refractivity contribution in [1.29, 1.82) is 0 Å². The van der Waals surface area contributed by atoms with E-state index in [1.54, 1.807) is 63.2 Å². The molecule has 11 heteroatoms. The molecule has 0 fully saturated rings. The molecule has 0 bridgehead atoms. The molecule has 1 heterocycles. The SMILES string of the molecule is COC(=O)Nc1nc2cc(C(=O)c3ccccc3)ccc2n1COC(=O)CNC(=O)OC(C)(C)C. The van der Waals surface area contributed by atoms with Crippen molar-refractivity contribution in [3.05, 3.63) is 59.7 Å². The number of benzene rings is 2. The third kappa shape index (κ3) is 6.79. The number of ketones is 1. The van der Waals surface area contributed by atoms with E-state index in [2.05, 4.69) is 20.4 Å². The lowest BCUT2D eigenvalue weighted by Crippen LogP contribution is -2.36. The number of anilines is 1. The summed E-state index contributed by atoms with van der Waals surface area (Å²) in [6.07, 6.45) is -1.54. The number of alkyl carbamates (subject to hydrolysis) is 1. The van der Waals surface area contributed by atoms with E-state index < -0.39 is 30.3 Å². The van der Waals surface area contributed by atoms with E-state index in [1.165, 1.54) is 11.7 Å². The van der Waals surface area contributed by atoms with Crippen LogP contribution in [0, 0.1) is 0 Å². The zero-order valence-electron chi connectivity index (χ0n) is 19.8. The molecule has 11 nitrogen and oxygen atoms in total. The van der Waals surface area contributed by atoms with Gasteiger partial charge in [-0.25, -0.2) is 14.6 Å². The Bertz CT molecular complexity index is 1250. The highest BCUT2D eigenvalue weighted by atomic mass is 16.6. The van der Waals surface area contributed by atoms with E-state index in [1.807, 2.05) is 6.07 Å². The highest BCUT2D eigenvalue weighted by molar-refractivity contribution is 6.10. The monoisotopic (exact) mass is 482 g/mol. The van der Waals surface area contributed by atoms with E-state index >= 15 is 0 Å². The summed E-state index contributed by atoms with van der Waals surface area (Å²) in [6, 6.07) is 13.6. The maximum absolute atomic E-state index is 12.8. The van der Waals surface area contributed by atoms with Gasteiger partial charge in [-0.1, -0.05) is 30.3 Å². The van der Waals surface area contributed by atoms with Crippen LogP contribution >= 0.6 is 0 Å². The first-order chi connectivity index (χ1) is 16.6. The van der Waals surface area contributed by atoms with Crippen molar-refractivity contribution in [2.24, 2.45) is 0 Å². The van der Waals surface area contributed by atoms with Gasteiger partial charge in [-0.3, -0.25) is 19.5 Å². The number of nitrogens with zero attached hydrogens (tertiary/aromatic N) is 2. The van der Waals surface area contributed by atoms with Crippen molar-refractivity contribution in [2.75, 3.05) is 19.0 Å². The van der Waals surface area contributed by atoms with Crippen LogP contribution in [-0.2, 0) is 25.7 Å². The molecule has 0 unspecified atom stereocenters. The molecule has 184 valence electrons. The number of fused-ring (bicyclic) bond motifs is 1. The number of esters is 1. The molecule has 2 aromatic carbocycles. The highest BCUT2D eigenvalue weighted by Crippen LogP contribution is 2.23. The average molecular weight is 482 g/mol. The maximum atomic E-state index is 12.8. The second-order valence-electron chi connectivity index (χ2n) is 8.38. The third-order valence-corrected chi connectivity index (χ3v) is 4.58. The molecule has 0 spiro atoms. The average Bonchev–Trinajstić information content (AvgIpc) is 3.16. The number of ether oxygens (including phenoxy) is 3. The predicted molar refractivity (Wildman–Crippen MR) is 126 cm³/mol. The Morgan fingerprint density at radius 3 is 2.34 bits per heavy atom. The summed E-state index contributed by atoms with van der Waals surface area (Å²) in [6.45, 7) is 4.35. The van der Waals surface area contributed by atoms with Gasteiger partial charge in [0.1, 0.15) is 12.1 Å². The summed E-state index contributed by atoms with van der Waals surface area (Å²) in [4.78, 5) is 52.8. The summed E-state index contributed by atoms with van der Waals surface area (Å²) in [5, 5.41) is 4.76. The van der Waals surface area contributed by atoms with Crippen molar-refractivity contribution >= 4 is 40.9 Å². The zero-order chi connectivity index (χ0) is 25.6. The molecule has 2 N–H and O–H groups in total. The first-order valence-corrected chi connectivity index (χ1v) is 10.6. The molecule has 0 atom stereocenters. The lowest BCUT2D eigenvalue weighted by atomic mass is 10.0. The van der Waals surface area contributed by atoms with Crippen molar-refractivity contribution in [3.8, 4) is 0 Å². The molecule has 0 aliphatic rings. The number of imidazole rings is 1. The predicted octanol–water partition coefficient (Wildman–Crippen LogP) is 3.47. The largest absolute Gasteiger partial charge is 0.453 e. The van der Waals surface area contributed by atoms with Crippen molar-refractivity contribution in [1.82, 2.24) is 14.9 Å². The molecule has 0 aliphatic carbocycles. The number of nitrogens with one attached hydrogen (secondary N) is 2. The molecule has 35 heavy (non-hydrogen) atoms. The molecule has 0 radical (unpaired) electrons. The standard InChI is InChI=1S/C24H26N4O7/c1-24(2,3)35-22(31)25-13-19(29)34-14-28-18-11-10-16(20(30)15-8-6-5-7-9-15)12-17(18)26-21(28)27-23(32)33-4/h5-12H,13-14H2,1-4H3,(H,25,31)(H,26,27,32). The first kappa shape index (κ1) is 25.2. The highest BCUT2D eigenvalue weighted by Gasteiger charge is 2.19. The lowest BCUT2D eigenvalue weighted by molar-refractivity contribution is -0.146. The Morgan fingerprint density at radius 1 is 0.971 bits per heavy atom. The molecular formula is C24H26N4O7. The van der Waals surface area contributed by atoms with Crippen LogP contribution in [0.5, 0.6) is 0 Å². The third-order valence-electron chi connectivity index (χ3n) is 4.58. The van der Waals surface area contributed by atoms with E-state index in [4.69, 9.17) is 9.47 Å². The fourth-order valence-electron chi connectivity index (χ4n) is 3.04. The Labute approximate surface area is 201 Å². The number of hydrogen-bond donors (Lipinski definition) is 2. The van der Waals surface area contributed by atoms with Crippen molar-refractivity contribution in [3.63, 3.8) is 0 Å². The maximum Gasteiger partial charge on any atom is 0.413 e. The quantitative estimate of drug-likeness (QED) is 0.297. The van der Waals surface area contributed by atoms with Crippen LogP contribution in [0.15, 0.2) is 48.5 Å². The van der Waals surface area contributed by atoms with Gasteiger partial charge < -0.3 is 19.5 Å². The second-order valence-corrected chi connectivity index (χ2v) is 8.38. The number of aromatic nitrogens is 2. The minimum atomic E-state index is -0.778. The minimum absolute atomic E-state index is 0.0454. The van der Waals surface area contributed by atoms with Gasteiger partial charge in [0.2, 0.25) is 5.95 Å². The molecule has 0 saturated heterocycles. The topological polar surface area (TPSA) is 138 Å². The number of rotatable bonds is 7. The Hall–Kier alpha value is -4.41. The molecular weight excluding hydrogens is 456 g/mol. The number of methoxy groups -OCH3 is 1. The summed E-state index contributed by atoms with van der Waals surface area (Å²) in [7, 11) is 1.20. The van der Waals surface area contributed by atoms with Gasteiger partial charge in [0.05, 0.1) is 18.1 Å². The van der Waals surface area contributed by atoms with Crippen LogP contribution in [-0.4, -0.2) is 52.7 Å². The van der Waals surface area contributed by atoms with Gasteiger partial charge >= 0.3 is 18.2 Å². The van der Waals surface area contributed by atoms with Crippen molar-refractivity contribution in [2.45, 2.75) is 33.1 Å². The lowest BCUT2D eigenvalue weighted by Gasteiger charge is -2.19. The summed E-state index contributed by atoms with van der Waals surface area (Å²) >= 11 is 0. The number of carbonyl (C=O) groups is 4. The zero-order valence-corrected chi connectivity index (χ0v) is 19.8. The Kier molecular flexibility index (Phi) is 7.69. The van der Waals surface area contributed by atoms with Gasteiger partial charge in [0, 0.05) is 11.1 Å². The van der Waals surface area contributed by atoms with Crippen LogP contribution in [0.2, 0.25) is 0 Å². The molecule has 3 aromatic rings. The van der Waals surface area contributed by atoms with Gasteiger partial charge in [-0.05, 0) is 39.0 Å². The fourth-order valence-corrected chi connectivity index (χ4v) is 3.04. The number of hydrogen-bond acceptors (Lipinski definition) is 8.